The Morgan fingerprint density at radius 2 is 2.06 bits per heavy atom. The van der Waals surface area contributed by atoms with Crippen LogP contribution in [-0.4, -0.2) is 46.3 Å². The molecule has 3 aromatic heterocycles. The molecule has 0 spiro atoms. The molecule has 1 atom stereocenters. The van der Waals surface area contributed by atoms with E-state index in [1.54, 1.807) is 11.9 Å². The fourth-order valence-corrected chi connectivity index (χ4v) is 5.09. The molecule has 0 bridgehead atoms. The second-order valence-electron chi connectivity index (χ2n) is 7.73. The summed E-state index contributed by atoms with van der Waals surface area (Å²) in [6.45, 7) is 4.08. The Morgan fingerprint density at radius 3 is 2.84 bits per heavy atom. The lowest BCUT2D eigenvalue weighted by Crippen LogP contribution is -2.34. The molecule has 0 saturated heterocycles. The van der Waals surface area contributed by atoms with Crippen molar-refractivity contribution in [3.05, 3.63) is 46.2 Å². The second-order valence-corrected chi connectivity index (χ2v) is 9.12. The highest BCUT2D eigenvalue weighted by Gasteiger charge is 2.25. The van der Waals surface area contributed by atoms with Crippen molar-refractivity contribution in [2.24, 2.45) is 0 Å². The predicted octanol–water partition coefficient (Wildman–Crippen LogP) is 4.41. The lowest BCUT2D eigenvalue weighted by molar-refractivity contribution is 0.0948. The van der Waals surface area contributed by atoms with Gasteiger partial charge in [0.15, 0.2) is 5.78 Å². The summed E-state index contributed by atoms with van der Waals surface area (Å²) < 4.78 is 1.02. The van der Waals surface area contributed by atoms with Crippen molar-refractivity contribution >= 4 is 72.9 Å². The molecule has 1 aromatic carbocycles. The van der Waals surface area contributed by atoms with E-state index in [-0.39, 0.29) is 23.0 Å². The smallest absolute Gasteiger partial charge is 0.263 e. The largest absolute Gasteiger partial charge is 0.381 e. The Bertz CT molecular complexity index is 1420. The Balaban J connectivity index is 1.65. The van der Waals surface area contributed by atoms with E-state index in [4.69, 9.17) is 16.6 Å². The molecule has 1 amide bonds. The van der Waals surface area contributed by atoms with Gasteiger partial charge in [-0.1, -0.05) is 0 Å². The summed E-state index contributed by atoms with van der Waals surface area (Å²) in [4.78, 5) is 40.0. The number of rotatable bonds is 3. The van der Waals surface area contributed by atoms with Crippen molar-refractivity contribution in [3.8, 4) is 0 Å². The fraction of sp³-hybridized carbons (Fsp3) is 0.227. The Morgan fingerprint density at radius 1 is 1.25 bits per heavy atom. The van der Waals surface area contributed by atoms with Crippen molar-refractivity contribution in [1.82, 2.24) is 20.3 Å². The number of anilines is 3. The first-order chi connectivity index (χ1) is 15.3. The number of carbonyl (C=O) groups is 2. The van der Waals surface area contributed by atoms with Gasteiger partial charge in [0.25, 0.3) is 5.91 Å². The number of carbonyl (C=O) groups excluding carboxylic acids is 2. The molecule has 10 heteroatoms. The number of aromatic nitrogens is 3. The van der Waals surface area contributed by atoms with Crippen molar-refractivity contribution in [2.45, 2.75) is 19.9 Å². The van der Waals surface area contributed by atoms with Crippen LogP contribution in [0.2, 0.25) is 5.28 Å². The van der Waals surface area contributed by atoms with E-state index in [2.05, 4.69) is 20.6 Å². The van der Waals surface area contributed by atoms with Gasteiger partial charge in [0.1, 0.15) is 16.5 Å². The second kappa shape index (κ2) is 7.68. The summed E-state index contributed by atoms with van der Waals surface area (Å²) >= 11 is 7.46. The molecule has 5 rings (SSSR count). The molecular weight excluding hydrogens is 448 g/mol. The number of nitrogens with one attached hydrogen (secondary N) is 2. The third kappa shape index (κ3) is 3.34. The summed E-state index contributed by atoms with van der Waals surface area (Å²) in [5.74, 6) is 0.774. The minimum Gasteiger partial charge on any atom is -0.381 e. The van der Waals surface area contributed by atoms with Crippen LogP contribution in [0.1, 0.15) is 33.9 Å². The SMILES string of the molecule is CC(=O)c1cnc(Cl)nc1N(C)c1ccc2c(ccc3sc4c(c32)NC[C@@H](C)NC4=O)n1. The first kappa shape index (κ1) is 20.6. The molecule has 4 aromatic rings. The van der Waals surface area contributed by atoms with Crippen molar-refractivity contribution < 1.29 is 9.59 Å². The van der Waals surface area contributed by atoms with E-state index >= 15 is 0 Å². The van der Waals surface area contributed by atoms with Gasteiger partial charge in [-0.2, -0.15) is 4.98 Å². The zero-order chi connectivity index (χ0) is 22.6. The zero-order valence-electron chi connectivity index (χ0n) is 17.6. The molecule has 0 fully saturated rings. The molecule has 0 radical (unpaired) electrons. The molecule has 4 heterocycles. The van der Waals surface area contributed by atoms with Crippen molar-refractivity contribution in [1.29, 1.82) is 0 Å². The van der Waals surface area contributed by atoms with E-state index in [0.717, 1.165) is 26.7 Å². The number of hydrogen-bond acceptors (Lipinski definition) is 8. The van der Waals surface area contributed by atoms with E-state index in [0.29, 0.717) is 28.6 Å². The van der Waals surface area contributed by atoms with E-state index < -0.39 is 0 Å². The monoisotopic (exact) mass is 466 g/mol. The highest BCUT2D eigenvalue weighted by atomic mass is 35.5. The maximum Gasteiger partial charge on any atom is 0.263 e. The van der Waals surface area contributed by atoms with Gasteiger partial charge in [0.05, 0.1) is 16.8 Å². The van der Waals surface area contributed by atoms with Gasteiger partial charge in [-0.25, -0.2) is 9.97 Å². The van der Waals surface area contributed by atoms with Crippen LogP contribution in [0.5, 0.6) is 0 Å². The molecule has 2 N–H and O–H groups in total. The Hall–Kier alpha value is -3.30. The molecule has 0 saturated carbocycles. The van der Waals surface area contributed by atoms with Gasteiger partial charge in [-0.3, -0.25) is 9.59 Å². The Labute approximate surface area is 192 Å². The minimum atomic E-state index is -0.162. The van der Waals surface area contributed by atoms with Gasteiger partial charge in [0.2, 0.25) is 5.28 Å². The first-order valence-electron chi connectivity index (χ1n) is 10.0. The summed E-state index contributed by atoms with van der Waals surface area (Å²) in [5.41, 5.74) is 1.98. The average Bonchev–Trinajstić information content (AvgIpc) is 3.09. The molecule has 1 aliphatic heterocycles. The summed E-state index contributed by atoms with van der Waals surface area (Å²) in [5, 5.41) is 8.42. The van der Waals surface area contributed by atoms with Crippen molar-refractivity contribution in [2.75, 3.05) is 23.8 Å². The number of halogens is 1. The number of hydrogen-bond donors (Lipinski definition) is 2. The minimum absolute atomic E-state index is 0.0423. The van der Waals surface area contributed by atoms with Gasteiger partial charge in [-0.15, -0.1) is 11.3 Å². The maximum absolute atomic E-state index is 12.6. The number of thiophene rings is 1. The van der Waals surface area contributed by atoms with Gasteiger partial charge >= 0.3 is 0 Å². The summed E-state index contributed by atoms with van der Waals surface area (Å²) in [7, 11) is 1.78. The third-order valence-corrected chi connectivity index (χ3v) is 6.79. The topological polar surface area (TPSA) is 100 Å². The number of ketones is 1. The predicted molar refractivity (Wildman–Crippen MR) is 128 cm³/mol. The fourth-order valence-electron chi connectivity index (χ4n) is 3.87. The van der Waals surface area contributed by atoms with Gasteiger partial charge in [-0.05, 0) is 49.7 Å². The van der Waals surface area contributed by atoms with Crippen LogP contribution in [0, 0.1) is 0 Å². The number of amides is 1. The summed E-state index contributed by atoms with van der Waals surface area (Å²) in [6.07, 6.45) is 1.42. The standard InChI is InChI=1S/C22H19ClN6O2S/c1-10-8-24-18-17-12-4-7-16(29(3)20-13(11(2)30)9-25-22(23)28-20)27-14(12)5-6-15(17)32-19(18)21(31)26-10/h4-7,9-10,24H,8H2,1-3H3,(H,26,31)/t10-/m1/s1. The molecule has 32 heavy (non-hydrogen) atoms. The lowest BCUT2D eigenvalue weighted by Gasteiger charge is -2.20. The number of fused-ring (bicyclic) bond motifs is 5. The van der Waals surface area contributed by atoms with Crippen LogP contribution in [0.4, 0.5) is 17.3 Å². The third-order valence-electron chi connectivity index (χ3n) is 5.46. The van der Waals surface area contributed by atoms with Gasteiger partial charge < -0.3 is 15.5 Å². The normalized spacial score (nSPS) is 15.8. The van der Waals surface area contributed by atoms with Gasteiger partial charge in [0, 0.05) is 41.3 Å². The van der Waals surface area contributed by atoms with Crippen LogP contribution in [-0.2, 0) is 0 Å². The Kier molecular flexibility index (Phi) is 4.94. The highest BCUT2D eigenvalue weighted by Crippen LogP contribution is 2.41. The van der Waals surface area contributed by atoms with E-state index in [1.807, 2.05) is 31.2 Å². The number of nitrogens with zero attached hydrogens (tertiary/aromatic N) is 4. The van der Waals surface area contributed by atoms with Crippen molar-refractivity contribution in [3.63, 3.8) is 0 Å². The molecule has 8 nitrogen and oxygen atoms in total. The van der Waals surface area contributed by atoms with Crippen LogP contribution in [0.3, 0.4) is 0 Å². The van der Waals surface area contributed by atoms with Crippen LogP contribution in [0.25, 0.3) is 21.0 Å². The average molecular weight is 467 g/mol. The highest BCUT2D eigenvalue weighted by molar-refractivity contribution is 7.21. The number of benzene rings is 1. The zero-order valence-corrected chi connectivity index (χ0v) is 19.1. The number of Topliss-reactive ketones (excluding diaryl/α,β-unsaturated/α-hetero) is 1. The first-order valence-corrected chi connectivity index (χ1v) is 11.2. The molecule has 0 aliphatic carbocycles. The summed E-state index contributed by atoms with van der Waals surface area (Å²) in [6, 6.07) is 7.80. The van der Waals surface area contributed by atoms with Crippen LogP contribution < -0.4 is 15.5 Å². The number of pyridine rings is 1. The maximum atomic E-state index is 12.6. The molecule has 0 unspecified atom stereocenters. The quantitative estimate of drug-likeness (QED) is 0.340. The van der Waals surface area contributed by atoms with E-state index in [1.165, 1.54) is 24.5 Å². The van der Waals surface area contributed by atoms with Crippen LogP contribution in [0.15, 0.2) is 30.5 Å². The molecular formula is C22H19ClN6O2S. The van der Waals surface area contributed by atoms with E-state index in [9.17, 15) is 9.59 Å². The molecule has 1 aliphatic rings. The van der Waals surface area contributed by atoms with Crippen LogP contribution >= 0.6 is 22.9 Å². The molecule has 162 valence electrons. The lowest BCUT2D eigenvalue weighted by atomic mass is 10.1.